The Hall–Kier alpha value is -3.33. The predicted molar refractivity (Wildman–Crippen MR) is 115 cm³/mol. The Balaban J connectivity index is 1.75. The summed E-state index contributed by atoms with van der Waals surface area (Å²) in [6.45, 7) is 4.92. The number of hydrogen-bond acceptors (Lipinski definition) is 2. The van der Waals surface area contributed by atoms with Crippen LogP contribution in [0.15, 0.2) is 78.9 Å². The Labute approximate surface area is 166 Å². The molecule has 0 N–H and O–H groups in total. The second-order valence-corrected chi connectivity index (χ2v) is 7.15. The number of aromatic nitrogens is 2. The van der Waals surface area contributed by atoms with Crippen molar-refractivity contribution < 1.29 is 4.74 Å². The summed E-state index contributed by atoms with van der Waals surface area (Å²) in [5, 5.41) is 4.93. The zero-order chi connectivity index (χ0) is 19.5. The van der Waals surface area contributed by atoms with E-state index >= 15 is 0 Å². The fourth-order valence-electron chi connectivity index (χ4n) is 3.26. The van der Waals surface area contributed by atoms with Gasteiger partial charge in [-0.2, -0.15) is 5.10 Å². The summed E-state index contributed by atoms with van der Waals surface area (Å²) in [4.78, 5) is 0. The van der Waals surface area contributed by atoms with Crippen molar-refractivity contribution in [3.63, 3.8) is 0 Å². The van der Waals surface area contributed by atoms with E-state index in [0.29, 0.717) is 6.54 Å². The summed E-state index contributed by atoms with van der Waals surface area (Å²) in [6, 6.07) is 27.5. The van der Waals surface area contributed by atoms with Crippen LogP contribution in [0.5, 0.6) is 5.75 Å². The van der Waals surface area contributed by atoms with E-state index in [9.17, 15) is 0 Å². The molecule has 0 aliphatic carbocycles. The molecule has 0 atom stereocenters. The standard InChI is InChI=1S/C25H24N2O/c1-18-4-10-21(11-5-18)24-16-25(22-12-6-19(2)7-13-22)27(26-24)17-20-8-14-23(28-3)15-9-20/h4-16H,17H2,1-3H3. The molecule has 0 saturated heterocycles. The summed E-state index contributed by atoms with van der Waals surface area (Å²) in [7, 11) is 1.69. The van der Waals surface area contributed by atoms with Gasteiger partial charge in [0.1, 0.15) is 5.75 Å². The van der Waals surface area contributed by atoms with E-state index in [-0.39, 0.29) is 0 Å². The number of benzene rings is 3. The van der Waals surface area contributed by atoms with Gasteiger partial charge in [0, 0.05) is 5.56 Å². The molecule has 3 heteroatoms. The molecule has 0 spiro atoms. The lowest BCUT2D eigenvalue weighted by Crippen LogP contribution is -2.04. The fraction of sp³-hybridized carbons (Fsp3) is 0.160. The van der Waals surface area contributed by atoms with Crippen molar-refractivity contribution >= 4 is 0 Å². The third-order valence-electron chi connectivity index (χ3n) is 4.97. The van der Waals surface area contributed by atoms with Crippen molar-refractivity contribution in [3.05, 3.63) is 95.6 Å². The molecule has 0 radical (unpaired) electrons. The number of hydrogen-bond donors (Lipinski definition) is 0. The van der Waals surface area contributed by atoms with Gasteiger partial charge in [-0.25, -0.2) is 0 Å². The van der Waals surface area contributed by atoms with Crippen LogP contribution in [0.1, 0.15) is 16.7 Å². The molecule has 1 heterocycles. The van der Waals surface area contributed by atoms with Crippen LogP contribution in [0.4, 0.5) is 0 Å². The summed E-state index contributed by atoms with van der Waals surface area (Å²) in [6.07, 6.45) is 0. The maximum Gasteiger partial charge on any atom is 0.118 e. The largest absolute Gasteiger partial charge is 0.497 e. The normalized spacial score (nSPS) is 10.8. The van der Waals surface area contributed by atoms with E-state index in [1.165, 1.54) is 22.3 Å². The summed E-state index contributed by atoms with van der Waals surface area (Å²) in [5.74, 6) is 0.864. The lowest BCUT2D eigenvalue weighted by Gasteiger charge is -2.09. The van der Waals surface area contributed by atoms with E-state index < -0.39 is 0 Å². The van der Waals surface area contributed by atoms with Gasteiger partial charge >= 0.3 is 0 Å². The molecule has 3 nitrogen and oxygen atoms in total. The minimum atomic E-state index is 0.707. The van der Waals surface area contributed by atoms with Gasteiger partial charge in [-0.15, -0.1) is 0 Å². The molecule has 4 rings (SSSR count). The second kappa shape index (κ2) is 7.73. The molecule has 4 aromatic rings. The van der Waals surface area contributed by atoms with Gasteiger partial charge in [0.2, 0.25) is 0 Å². The van der Waals surface area contributed by atoms with Gasteiger partial charge in [-0.05, 0) is 43.2 Å². The first kappa shape index (κ1) is 18.1. The van der Waals surface area contributed by atoms with E-state index in [4.69, 9.17) is 9.84 Å². The average molecular weight is 368 g/mol. The monoisotopic (exact) mass is 368 g/mol. The van der Waals surface area contributed by atoms with Crippen molar-refractivity contribution in [1.29, 1.82) is 0 Å². The minimum Gasteiger partial charge on any atom is -0.497 e. The fourth-order valence-corrected chi connectivity index (χ4v) is 3.26. The summed E-state index contributed by atoms with van der Waals surface area (Å²) in [5.41, 5.74) is 8.10. The molecule has 0 saturated carbocycles. The zero-order valence-corrected chi connectivity index (χ0v) is 16.5. The van der Waals surface area contributed by atoms with Crippen LogP contribution in [0, 0.1) is 13.8 Å². The van der Waals surface area contributed by atoms with Gasteiger partial charge in [-0.1, -0.05) is 71.8 Å². The molecular formula is C25H24N2O. The highest BCUT2D eigenvalue weighted by atomic mass is 16.5. The molecule has 0 bridgehead atoms. The first-order chi connectivity index (χ1) is 13.6. The van der Waals surface area contributed by atoms with E-state index in [0.717, 1.165) is 22.7 Å². The van der Waals surface area contributed by atoms with Gasteiger partial charge in [0.15, 0.2) is 0 Å². The highest BCUT2D eigenvalue weighted by Crippen LogP contribution is 2.28. The van der Waals surface area contributed by atoms with Crippen LogP contribution in [-0.4, -0.2) is 16.9 Å². The number of ether oxygens (including phenoxy) is 1. The quantitative estimate of drug-likeness (QED) is 0.439. The smallest absolute Gasteiger partial charge is 0.118 e. The van der Waals surface area contributed by atoms with E-state index in [1.54, 1.807) is 7.11 Å². The minimum absolute atomic E-state index is 0.707. The molecule has 0 unspecified atom stereocenters. The lowest BCUT2D eigenvalue weighted by atomic mass is 10.1. The number of methoxy groups -OCH3 is 1. The first-order valence-electron chi connectivity index (χ1n) is 9.47. The van der Waals surface area contributed by atoms with Crippen LogP contribution in [-0.2, 0) is 6.54 Å². The topological polar surface area (TPSA) is 27.1 Å². The number of nitrogens with zero attached hydrogens (tertiary/aromatic N) is 2. The van der Waals surface area contributed by atoms with Crippen molar-refractivity contribution in [2.24, 2.45) is 0 Å². The SMILES string of the molecule is COc1ccc(Cn2nc(-c3ccc(C)cc3)cc2-c2ccc(C)cc2)cc1. The molecule has 3 aromatic carbocycles. The molecule has 0 amide bonds. The Bertz CT molecular complexity index is 1060. The van der Waals surface area contributed by atoms with Crippen LogP contribution >= 0.6 is 0 Å². The van der Waals surface area contributed by atoms with Crippen LogP contribution in [0.3, 0.4) is 0 Å². The number of aryl methyl sites for hydroxylation is 2. The molecular weight excluding hydrogens is 344 g/mol. The van der Waals surface area contributed by atoms with E-state index in [1.807, 2.05) is 12.1 Å². The second-order valence-electron chi connectivity index (χ2n) is 7.15. The Kier molecular flexibility index (Phi) is 4.98. The van der Waals surface area contributed by atoms with Crippen molar-refractivity contribution in [3.8, 4) is 28.3 Å². The predicted octanol–water partition coefficient (Wildman–Crippen LogP) is 5.89. The Morgan fingerprint density at radius 2 is 1.32 bits per heavy atom. The average Bonchev–Trinajstić information content (AvgIpc) is 3.13. The maximum atomic E-state index is 5.27. The Morgan fingerprint density at radius 3 is 1.89 bits per heavy atom. The summed E-state index contributed by atoms with van der Waals surface area (Å²) >= 11 is 0. The van der Waals surface area contributed by atoms with Gasteiger partial charge in [0.25, 0.3) is 0 Å². The maximum absolute atomic E-state index is 5.27. The molecule has 0 aliphatic rings. The van der Waals surface area contributed by atoms with E-state index in [2.05, 4.69) is 85.3 Å². The highest BCUT2D eigenvalue weighted by Gasteiger charge is 2.12. The molecule has 0 aliphatic heterocycles. The van der Waals surface area contributed by atoms with Gasteiger partial charge < -0.3 is 4.74 Å². The lowest BCUT2D eigenvalue weighted by molar-refractivity contribution is 0.414. The van der Waals surface area contributed by atoms with Crippen molar-refractivity contribution in [2.45, 2.75) is 20.4 Å². The van der Waals surface area contributed by atoms with Crippen molar-refractivity contribution in [1.82, 2.24) is 9.78 Å². The third-order valence-corrected chi connectivity index (χ3v) is 4.97. The first-order valence-corrected chi connectivity index (χ1v) is 9.47. The molecule has 140 valence electrons. The van der Waals surface area contributed by atoms with Crippen molar-refractivity contribution in [2.75, 3.05) is 7.11 Å². The van der Waals surface area contributed by atoms with Gasteiger partial charge in [-0.3, -0.25) is 4.68 Å². The van der Waals surface area contributed by atoms with Crippen LogP contribution in [0.25, 0.3) is 22.5 Å². The highest BCUT2D eigenvalue weighted by molar-refractivity contribution is 5.69. The third kappa shape index (κ3) is 3.84. The molecule has 1 aromatic heterocycles. The Morgan fingerprint density at radius 1 is 0.750 bits per heavy atom. The molecule has 28 heavy (non-hydrogen) atoms. The molecule has 0 fully saturated rings. The zero-order valence-electron chi connectivity index (χ0n) is 16.5. The number of rotatable bonds is 5. The van der Waals surface area contributed by atoms with Crippen LogP contribution < -0.4 is 4.74 Å². The van der Waals surface area contributed by atoms with Gasteiger partial charge in [0.05, 0.1) is 25.0 Å². The summed E-state index contributed by atoms with van der Waals surface area (Å²) < 4.78 is 7.36. The van der Waals surface area contributed by atoms with Crippen LogP contribution in [0.2, 0.25) is 0 Å².